The first-order chi connectivity index (χ1) is 5.59. The third kappa shape index (κ3) is 4.31. The highest BCUT2D eigenvalue weighted by Gasteiger charge is 2.20. The van der Waals surface area contributed by atoms with E-state index < -0.39 is 18.1 Å². The van der Waals surface area contributed by atoms with Gasteiger partial charge in [0.05, 0.1) is 0 Å². The Kier molecular flexibility index (Phi) is 5.66. The summed E-state index contributed by atoms with van der Waals surface area (Å²) < 4.78 is 0. The molecule has 0 fully saturated rings. The molecule has 0 saturated carbocycles. The molecule has 0 aromatic rings. The van der Waals surface area contributed by atoms with Crippen molar-refractivity contribution >= 4 is 5.97 Å². The molecule has 72 valence electrons. The molecule has 0 aromatic heterocycles. The largest absolute Gasteiger partial charge is 0.479 e. The van der Waals surface area contributed by atoms with Crippen molar-refractivity contribution in [2.24, 2.45) is 5.73 Å². The molecular formula is C8H17NO3. The first-order valence-electron chi connectivity index (χ1n) is 4.26. The topological polar surface area (TPSA) is 83.5 Å². The molecule has 2 atom stereocenters. The molecule has 0 rings (SSSR count). The number of unbranched alkanes of at least 4 members (excludes halogenated alkanes) is 2. The van der Waals surface area contributed by atoms with Crippen LogP contribution in [0, 0.1) is 0 Å². The molecule has 0 saturated heterocycles. The van der Waals surface area contributed by atoms with Gasteiger partial charge in [-0.05, 0) is 6.42 Å². The van der Waals surface area contributed by atoms with Gasteiger partial charge in [-0.2, -0.15) is 0 Å². The molecule has 4 N–H and O–H groups in total. The Bertz CT molecular complexity index is 138. The Labute approximate surface area is 72.4 Å². The van der Waals surface area contributed by atoms with Gasteiger partial charge in [0, 0.05) is 6.04 Å². The average Bonchev–Trinajstić information content (AvgIpc) is 2.03. The van der Waals surface area contributed by atoms with Crippen molar-refractivity contribution in [2.75, 3.05) is 0 Å². The van der Waals surface area contributed by atoms with E-state index >= 15 is 0 Å². The monoisotopic (exact) mass is 175 g/mol. The Morgan fingerprint density at radius 2 is 2.08 bits per heavy atom. The Hall–Kier alpha value is -0.610. The Morgan fingerprint density at radius 3 is 2.50 bits per heavy atom. The summed E-state index contributed by atoms with van der Waals surface area (Å²) >= 11 is 0. The highest BCUT2D eigenvalue weighted by atomic mass is 16.4. The van der Waals surface area contributed by atoms with Gasteiger partial charge in [-0.1, -0.05) is 26.2 Å². The van der Waals surface area contributed by atoms with Crippen molar-refractivity contribution in [3.63, 3.8) is 0 Å². The van der Waals surface area contributed by atoms with Crippen molar-refractivity contribution in [1.82, 2.24) is 0 Å². The summed E-state index contributed by atoms with van der Waals surface area (Å²) in [4.78, 5) is 10.2. The predicted molar refractivity (Wildman–Crippen MR) is 45.8 cm³/mol. The van der Waals surface area contributed by atoms with E-state index in [4.69, 9.17) is 15.9 Å². The summed E-state index contributed by atoms with van der Waals surface area (Å²) in [6.45, 7) is 2.05. The lowest BCUT2D eigenvalue weighted by molar-refractivity contribution is -0.147. The van der Waals surface area contributed by atoms with Crippen LogP contribution in [0.4, 0.5) is 0 Å². The molecule has 12 heavy (non-hydrogen) atoms. The van der Waals surface area contributed by atoms with E-state index in [2.05, 4.69) is 6.92 Å². The fourth-order valence-corrected chi connectivity index (χ4v) is 0.971. The summed E-state index contributed by atoms with van der Waals surface area (Å²) in [6.07, 6.45) is 2.13. The van der Waals surface area contributed by atoms with E-state index in [0.717, 1.165) is 19.3 Å². The van der Waals surface area contributed by atoms with Gasteiger partial charge in [0.2, 0.25) is 0 Å². The van der Waals surface area contributed by atoms with E-state index in [1.54, 1.807) is 0 Å². The van der Waals surface area contributed by atoms with E-state index in [0.29, 0.717) is 6.42 Å². The van der Waals surface area contributed by atoms with Crippen LogP contribution in [0.3, 0.4) is 0 Å². The van der Waals surface area contributed by atoms with Gasteiger partial charge < -0.3 is 15.9 Å². The number of nitrogens with two attached hydrogens (primary N) is 1. The zero-order valence-electron chi connectivity index (χ0n) is 7.36. The summed E-state index contributed by atoms with van der Waals surface area (Å²) in [7, 11) is 0. The number of hydrogen-bond acceptors (Lipinski definition) is 3. The van der Waals surface area contributed by atoms with E-state index in [1.165, 1.54) is 0 Å². The van der Waals surface area contributed by atoms with Gasteiger partial charge in [0.1, 0.15) is 0 Å². The van der Waals surface area contributed by atoms with Crippen LogP contribution in [0.25, 0.3) is 0 Å². The fraction of sp³-hybridized carbons (Fsp3) is 0.875. The SMILES string of the molecule is CCCCCC(N)C(O)C(=O)O. The van der Waals surface area contributed by atoms with Crippen molar-refractivity contribution in [3.8, 4) is 0 Å². The van der Waals surface area contributed by atoms with Crippen LogP contribution in [0.1, 0.15) is 32.6 Å². The number of hydrogen-bond donors (Lipinski definition) is 3. The molecule has 0 radical (unpaired) electrons. The lowest BCUT2D eigenvalue weighted by Gasteiger charge is -2.13. The summed E-state index contributed by atoms with van der Waals surface area (Å²) in [5.74, 6) is -1.24. The third-order valence-electron chi connectivity index (χ3n) is 1.80. The van der Waals surface area contributed by atoms with Gasteiger partial charge in [-0.15, -0.1) is 0 Å². The number of carboxylic acids is 1. The highest BCUT2D eigenvalue weighted by Crippen LogP contribution is 2.04. The minimum Gasteiger partial charge on any atom is -0.479 e. The molecule has 0 spiro atoms. The van der Waals surface area contributed by atoms with Gasteiger partial charge in [-0.25, -0.2) is 4.79 Å². The van der Waals surface area contributed by atoms with Crippen LogP contribution in [0.2, 0.25) is 0 Å². The molecule has 0 aromatic carbocycles. The second kappa shape index (κ2) is 5.97. The molecule has 2 unspecified atom stereocenters. The lowest BCUT2D eigenvalue weighted by atomic mass is 10.0. The molecule has 4 heteroatoms. The first kappa shape index (κ1) is 11.4. The number of aliphatic carboxylic acids is 1. The van der Waals surface area contributed by atoms with Gasteiger partial charge in [0.15, 0.2) is 6.10 Å². The summed E-state index contributed by atoms with van der Waals surface area (Å²) in [6, 6.07) is -0.631. The maximum atomic E-state index is 10.2. The number of rotatable bonds is 6. The second-order valence-corrected chi connectivity index (χ2v) is 2.94. The van der Waals surface area contributed by atoms with Crippen LogP contribution >= 0.6 is 0 Å². The van der Waals surface area contributed by atoms with Crippen molar-refractivity contribution in [2.45, 2.75) is 44.8 Å². The van der Waals surface area contributed by atoms with Crippen LogP contribution in [0.15, 0.2) is 0 Å². The van der Waals surface area contributed by atoms with E-state index in [1.807, 2.05) is 0 Å². The molecule has 0 heterocycles. The molecule has 0 amide bonds. The second-order valence-electron chi connectivity index (χ2n) is 2.94. The van der Waals surface area contributed by atoms with Gasteiger partial charge in [-0.3, -0.25) is 0 Å². The summed E-state index contributed by atoms with van der Waals surface area (Å²) in [5.41, 5.74) is 5.43. The van der Waals surface area contributed by atoms with Gasteiger partial charge >= 0.3 is 5.97 Å². The molecule has 4 nitrogen and oxygen atoms in total. The van der Waals surface area contributed by atoms with Crippen LogP contribution < -0.4 is 5.73 Å². The lowest BCUT2D eigenvalue weighted by Crippen LogP contribution is -2.40. The third-order valence-corrected chi connectivity index (χ3v) is 1.80. The average molecular weight is 175 g/mol. The van der Waals surface area contributed by atoms with Crippen LogP contribution in [-0.4, -0.2) is 28.3 Å². The molecule has 0 aliphatic rings. The highest BCUT2D eigenvalue weighted by molar-refractivity contribution is 5.72. The predicted octanol–water partition coefficient (Wildman–Crippen LogP) is 0.340. The fourth-order valence-electron chi connectivity index (χ4n) is 0.971. The standard InChI is InChI=1S/C8H17NO3/c1-2-3-4-5-6(9)7(10)8(11)12/h6-7,10H,2-5,9H2,1H3,(H,11,12). The maximum absolute atomic E-state index is 10.2. The van der Waals surface area contributed by atoms with E-state index in [-0.39, 0.29) is 0 Å². The van der Waals surface area contributed by atoms with Crippen molar-refractivity contribution in [1.29, 1.82) is 0 Å². The summed E-state index contributed by atoms with van der Waals surface area (Å²) in [5, 5.41) is 17.3. The van der Waals surface area contributed by atoms with Crippen LogP contribution in [-0.2, 0) is 4.79 Å². The normalized spacial score (nSPS) is 15.6. The number of aliphatic hydroxyl groups excluding tert-OH is 1. The van der Waals surface area contributed by atoms with Crippen molar-refractivity contribution in [3.05, 3.63) is 0 Å². The van der Waals surface area contributed by atoms with Gasteiger partial charge in [0.25, 0.3) is 0 Å². The zero-order chi connectivity index (χ0) is 9.56. The van der Waals surface area contributed by atoms with Crippen LogP contribution in [0.5, 0.6) is 0 Å². The Morgan fingerprint density at radius 1 is 1.50 bits per heavy atom. The van der Waals surface area contributed by atoms with E-state index in [9.17, 15) is 4.79 Å². The molecule has 0 aliphatic carbocycles. The quantitative estimate of drug-likeness (QED) is 0.508. The maximum Gasteiger partial charge on any atom is 0.334 e. The minimum atomic E-state index is -1.41. The number of aliphatic hydroxyl groups is 1. The molecule has 0 bridgehead atoms. The molecule has 0 aliphatic heterocycles. The number of carbonyl (C=O) groups is 1. The van der Waals surface area contributed by atoms with Crippen molar-refractivity contribution < 1.29 is 15.0 Å². The minimum absolute atomic E-state index is 0.571. The number of carboxylic acid groups (broad SMARTS) is 1. The Balaban J connectivity index is 3.56. The smallest absolute Gasteiger partial charge is 0.334 e. The zero-order valence-corrected chi connectivity index (χ0v) is 7.36. The first-order valence-corrected chi connectivity index (χ1v) is 4.26. The molecular weight excluding hydrogens is 158 g/mol.